The van der Waals surface area contributed by atoms with Crippen LogP contribution in [0.2, 0.25) is 0 Å². The lowest BCUT2D eigenvalue weighted by Gasteiger charge is -2.19. The molecule has 1 aromatic carbocycles. The molecule has 2 aromatic heterocycles. The van der Waals surface area contributed by atoms with Crippen LogP contribution in [0.25, 0.3) is 5.65 Å². The minimum atomic E-state index is -0.284. The zero-order valence-corrected chi connectivity index (χ0v) is 15.1. The summed E-state index contributed by atoms with van der Waals surface area (Å²) < 4.78 is 7.03. The molecule has 0 saturated heterocycles. The molecule has 0 radical (unpaired) electrons. The van der Waals surface area contributed by atoms with Crippen LogP contribution in [-0.4, -0.2) is 27.7 Å². The number of amides is 2. The molecular formula is C19H23N5O2. The Hall–Kier alpha value is -3.09. The van der Waals surface area contributed by atoms with E-state index in [1.165, 1.54) is 0 Å². The molecule has 3 rings (SSSR count). The second kappa shape index (κ2) is 7.86. The third kappa shape index (κ3) is 4.11. The number of urea groups is 1. The molecule has 7 nitrogen and oxygen atoms in total. The van der Waals surface area contributed by atoms with Crippen LogP contribution in [0.1, 0.15) is 32.1 Å². The highest BCUT2D eigenvalue weighted by molar-refractivity contribution is 5.89. The smallest absolute Gasteiger partial charge is 0.319 e. The normalized spacial score (nSPS) is 12.2. The molecule has 0 aliphatic heterocycles. The molecular weight excluding hydrogens is 330 g/mol. The molecule has 0 aliphatic rings. The van der Waals surface area contributed by atoms with E-state index in [-0.39, 0.29) is 12.1 Å². The van der Waals surface area contributed by atoms with Crippen molar-refractivity contribution >= 4 is 17.4 Å². The summed E-state index contributed by atoms with van der Waals surface area (Å²) in [5.74, 6) is 1.85. The van der Waals surface area contributed by atoms with Crippen molar-refractivity contribution in [3.05, 3.63) is 54.5 Å². The highest BCUT2D eigenvalue weighted by Crippen LogP contribution is 2.21. The molecule has 26 heavy (non-hydrogen) atoms. The molecule has 0 unspecified atom stereocenters. The minimum absolute atomic E-state index is 0.245. The van der Waals surface area contributed by atoms with Gasteiger partial charge in [0.05, 0.1) is 13.2 Å². The third-order valence-corrected chi connectivity index (χ3v) is 4.01. The number of carbonyl (C=O) groups is 1. The Morgan fingerprint density at radius 3 is 2.62 bits per heavy atom. The predicted octanol–water partition coefficient (Wildman–Crippen LogP) is 3.65. The Balaban J connectivity index is 1.76. The van der Waals surface area contributed by atoms with Crippen molar-refractivity contribution in [1.82, 2.24) is 19.9 Å². The number of fused-ring (bicyclic) bond motifs is 1. The van der Waals surface area contributed by atoms with Gasteiger partial charge in [-0.2, -0.15) is 0 Å². The van der Waals surface area contributed by atoms with E-state index in [1.54, 1.807) is 31.4 Å². The molecule has 0 bridgehead atoms. The monoisotopic (exact) mass is 353 g/mol. The van der Waals surface area contributed by atoms with Crippen LogP contribution in [0.5, 0.6) is 5.75 Å². The van der Waals surface area contributed by atoms with Gasteiger partial charge < -0.3 is 15.4 Å². The number of anilines is 1. The number of hydrogen-bond acceptors (Lipinski definition) is 4. The summed E-state index contributed by atoms with van der Waals surface area (Å²) in [6, 6.07) is 12.4. The third-order valence-electron chi connectivity index (χ3n) is 4.01. The number of ether oxygens (including phenoxy) is 1. The molecule has 7 heteroatoms. The summed E-state index contributed by atoms with van der Waals surface area (Å²) in [7, 11) is 1.61. The van der Waals surface area contributed by atoms with Gasteiger partial charge in [-0.25, -0.2) is 4.79 Å². The zero-order chi connectivity index (χ0) is 18.5. The van der Waals surface area contributed by atoms with Crippen LogP contribution in [0.15, 0.2) is 48.7 Å². The van der Waals surface area contributed by atoms with Crippen molar-refractivity contribution < 1.29 is 9.53 Å². The first kappa shape index (κ1) is 17.7. The lowest BCUT2D eigenvalue weighted by Crippen LogP contribution is -2.34. The maximum Gasteiger partial charge on any atom is 0.319 e. The van der Waals surface area contributed by atoms with E-state index in [2.05, 4.69) is 34.7 Å². The number of benzene rings is 1. The Morgan fingerprint density at radius 1 is 1.15 bits per heavy atom. The van der Waals surface area contributed by atoms with E-state index in [9.17, 15) is 4.79 Å². The number of carbonyl (C=O) groups excluding carboxylic acids is 1. The fourth-order valence-electron chi connectivity index (χ4n) is 2.80. The highest BCUT2D eigenvalue weighted by atomic mass is 16.5. The highest BCUT2D eigenvalue weighted by Gasteiger charge is 2.21. The number of pyridine rings is 1. The van der Waals surface area contributed by atoms with Crippen molar-refractivity contribution in [3.8, 4) is 5.75 Å². The van der Waals surface area contributed by atoms with E-state index in [1.807, 2.05) is 28.8 Å². The van der Waals surface area contributed by atoms with Crippen molar-refractivity contribution in [2.75, 3.05) is 12.4 Å². The van der Waals surface area contributed by atoms with Crippen LogP contribution < -0.4 is 15.4 Å². The van der Waals surface area contributed by atoms with Gasteiger partial charge in [0.1, 0.15) is 5.75 Å². The standard InChI is InChI=1S/C19H23N5O2/c1-13(2)12-16(18-23-22-17-6-4-5-11-24(17)18)21-19(25)20-14-7-9-15(26-3)10-8-14/h4-11,13,16H,12H2,1-3H3,(H2,20,21,25)/t16-/m1/s1. The van der Waals surface area contributed by atoms with Crippen LogP contribution in [0.4, 0.5) is 10.5 Å². The van der Waals surface area contributed by atoms with Gasteiger partial charge >= 0.3 is 6.03 Å². The van der Waals surface area contributed by atoms with Crippen LogP contribution in [0.3, 0.4) is 0 Å². The first-order valence-corrected chi connectivity index (χ1v) is 8.58. The van der Waals surface area contributed by atoms with Crippen molar-refractivity contribution in [1.29, 1.82) is 0 Å². The summed E-state index contributed by atoms with van der Waals surface area (Å²) in [4.78, 5) is 12.5. The maximum atomic E-state index is 12.5. The second-order valence-corrected chi connectivity index (χ2v) is 6.50. The molecule has 0 saturated carbocycles. The fourth-order valence-corrected chi connectivity index (χ4v) is 2.80. The number of nitrogens with zero attached hydrogens (tertiary/aromatic N) is 3. The minimum Gasteiger partial charge on any atom is -0.497 e. The van der Waals surface area contributed by atoms with E-state index in [0.29, 0.717) is 11.6 Å². The molecule has 136 valence electrons. The van der Waals surface area contributed by atoms with Gasteiger partial charge in [0.15, 0.2) is 11.5 Å². The molecule has 2 amide bonds. The van der Waals surface area contributed by atoms with E-state index in [4.69, 9.17) is 4.74 Å². The van der Waals surface area contributed by atoms with Gasteiger partial charge in [-0.15, -0.1) is 10.2 Å². The Kier molecular flexibility index (Phi) is 5.36. The van der Waals surface area contributed by atoms with E-state index >= 15 is 0 Å². The van der Waals surface area contributed by atoms with Crippen LogP contribution in [-0.2, 0) is 0 Å². The lowest BCUT2D eigenvalue weighted by atomic mass is 10.0. The first-order chi connectivity index (χ1) is 12.6. The summed E-state index contributed by atoms with van der Waals surface area (Å²) in [5, 5.41) is 14.3. The van der Waals surface area contributed by atoms with Crippen LogP contribution >= 0.6 is 0 Å². The van der Waals surface area contributed by atoms with Gasteiger partial charge in [0.2, 0.25) is 0 Å². The van der Waals surface area contributed by atoms with Crippen molar-refractivity contribution in [2.45, 2.75) is 26.3 Å². The molecule has 0 spiro atoms. The number of nitrogens with one attached hydrogen (secondary N) is 2. The predicted molar refractivity (Wildman–Crippen MR) is 100 cm³/mol. The SMILES string of the molecule is COc1ccc(NC(=O)N[C@H](CC(C)C)c2nnc3ccccn23)cc1. The average molecular weight is 353 g/mol. The van der Waals surface area contributed by atoms with Gasteiger partial charge in [-0.3, -0.25) is 4.40 Å². The summed E-state index contributed by atoms with van der Waals surface area (Å²) in [5.41, 5.74) is 1.45. The Labute approximate surface area is 152 Å². The first-order valence-electron chi connectivity index (χ1n) is 8.58. The summed E-state index contributed by atoms with van der Waals surface area (Å²) >= 11 is 0. The average Bonchev–Trinajstić information content (AvgIpc) is 3.05. The number of rotatable bonds is 6. The molecule has 2 heterocycles. The molecule has 3 aromatic rings. The van der Waals surface area contributed by atoms with Crippen molar-refractivity contribution in [2.24, 2.45) is 5.92 Å². The summed E-state index contributed by atoms with van der Waals surface area (Å²) in [6.45, 7) is 4.22. The quantitative estimate of drug-likeness (QED) is 0.709. The van der Waals surface area contributed by atoms with Crippen LogP contribution in [0, 0.1) is 5.92 Å². The van der Waals surface area contributed by atoms with E-state index in [0.717, 1.165) is 23.6 Å². The van der Waals surface area contributed by atoms with Gasteiger partial charge in [0, 0.05) is 11.9 Å². The number of methoxy groups -OCH3 is 1. The Morgan fingerprint density at radius 2 is 1.92 bits per heavy atom. The summed E-state index contributed by atoms with van der Waals surface area (Å²) in [6.07, 6.45) is 2.66. The van der Waals surface area contributed by atoms with Gasteiger partial charge in [-0.05, 0) is 48.7 Å². The van der Waals surface area contributed by atoms with Gasteiger partial charge in [0.25, 0.3) is 0 Å². The number of hydrogen-bond donors (Lipinski definition) is 2. The molecule has 0 aliphatic carbocycles. The topological polar surface area (TPSA) is 80.5 Å². The second-order valence-electron chi connectivity index (χ2n) is 6.50. The molecule has 2 N–H and O–H groups in total. The van der Waals surface area contributed by atoms with Gasteiger partial charge in [-0.1, -0.05) is 19.9 Å². The zero-order valence-electron chi connectivity index (χ0n) is 15.1. The lowest BCUT2D eigenvalue weighted by molar-refractivity contribution is 0.245. The Bertz CT molecular complexity index is 873. The van der Waals surface area contributed by atoms with E-state index < -0.39 is 0 Å². The number of aromatic nitrogens is 3. The molecule has 0 fully saturated rings. The van der Waals surface area contributed by atoms with Crippen molar-refractivity contribution in [3.63, 3.8) is 0 Å². The largest absolute Gasteiger partial charge is 0.497 e. The fraction of sp³-hybridized carbons (Fsp3) is 0.316. The maximum absolute atomic E-state index is 12.5. The molecule has 1 atom stereocenters.